The van der Waals surface area contributed by atoms with Gasteiger partial charge in [-0.3, -0.25) is 4.90 Å². The molecule has 2 aromatic rings. The largest absolute Gasteiger partial charge is 0.453 e. The van der Waals surface area contributed by atoms with Crippen molar-refractivity contribution in [2.45, 2.75) is 50.7 Å². The number of aliphatic hydroxyl groups is 1. The van der Waals surface area contributed by atoms with Crippen LogP contribution < -0.4 is 15.0 Å². The van der Waals surface area contributed by atoms with E-state index >= 15 is 0 Å². The Morgan fingerprint density at radius 1 is 0.946 bits per heavy atom. The molecule has 1 fully saturated rings. The Morgan fingerprint density at radius 3 is 2.54 bits per heavy atom. The molecule has 1 saturated heterocycles. The fourth-order valence-electron chi connectivity index (χ4n) is 5.05. The minimum absolute atomic E-state index is 0.215. The molecule has 204 valence electrons. The number of hydrogen-bond acceptors (Lipinski definition) is 6. The second-order valence-corrected chi connectivity index (χ2v) is 9.69. The highest BCUT2D eigenvalue weighted by Crippen LogP contribution is 2.48. The first-order chi connectivity index (χ1) is 18.0. The van der Waals surface area contributed by atoms with E-state index in [1.165, 1.54) is 12.1 Å². The van der Waals surface area contributed by atoms with E-state index in [1.807, 2.05) is 29.2 Å². The number of anilines is 2. The molecule has 4 rings (SSSR count). The third-order valence-corrected chi connectivity index (χ3v) is 7.03. The first kappa shape index (κ1) is 27.7. The zero-order chi connectivity index (χ0) is 26.1. The molecule has 2 N–H and O–H groups in total. The van der Waals surface area contributed by atoms with Gasteiger partial charge in [-0.2, -0.15) is 13.2 Å². The Balaban J connectivity index is 1.33. The Bertz CT molecular complexity index is 989. The van der Waals surface area contributed by atoms with Gasteiger partial charge in [0.15, 0.2) is 11.5 Å². The van der Waals surface area contributed by atoms with Gasteiger partial charge in [-0.05, 0) is 75.4 Å². The molecule has 2 heterocycles. The van der Waals surface area contributed by atoms with Crippen LogP contribution in [0.5, 0.6) is 11.5 Å². The van der Waals surface area contributed by atoms with Gasteiger partial charge in [-0.15, -0.1) is 0 Å². The predicted octanol–water partition coefficient (Wildman–Crippen LogP) is 5.57. The lowest BCUT2D eigenvalue weighted by Gasteiger charge is -2.37. The molecule has 37 heavy (non-hydrogen) atoms. The number of rotatable bonds is 13. The van der Waals surface area contributed by atoms with Crippen molar-refractivity contribution in [2.75, 3.05) is 57.4 Å². The van der Waals surface area contributed by atoms with Crippen molar-refractivity contribution in [3.05, 3.63) is 48.0 Å². The first-order valence-electron chi connectivity index (χ1n) is 13.4. The molecule has 0 bridgehead atoms. The number of halogens is 3. The summed E-state index contributed by atoms with van der Waals surface area (Å²) in [6.07, 6.45) is 1.16. The quantitative estimate of drug-likeness (QED) is 0.336. The van der Waals surface area contributed by atoms with Gasteiger partial charge in [0.25, 0.3) is 0 Å². The van der Waals surface area contributed by atoms with Crippen LogP contribution >= 0.6 is 0 Å². The SMILES string of the molecule is OCCCCOCCCCN1CCNCC1CCCN1c2ccccc2Oc2ccc(C(F)(F)F)cc21. The molecule has 9 heteroatoms. The number of hydrogen-bond donors (Lipinski definition) is 2. The van der Waals surface area contributed by atoms with E-state index in [0.29, 0.717) is 36.4 Å². The van der Waals surface area contributed by atoms with Crippen molar-refractivity contribution in [1.29, 1.82) is 0 Å². The van der Waals surface area contributed by atoms with E-state index in [2.05, 4.69) is 10.2 Å². The van der Waals surface area contributed by atoms with Crippen molar-refractivity contribution >= 4 is 11.4 Å². The summed E-state index contributed by atoms with van der Waals surface area (Å²) in [5, 5.41) is 12.3. The second-order valence-electron chi connectivity index (χ2n) is 9.69. The summed E-state index contributed by atoms with van der Waals surface area (Å²) in [7, 11) is 0. The van der Waals surface area contributed by atoms with Gasteiger partial charge in [-0.25, -0.2) is 0 Å². The highest BCUT2D eigenvalue weighted by atomic mass is 19.4. The maximum atomic E-state index is 13.4. The average Bonchev–Trinajstić information content (AvgIpc) is 2.89. The third-order valence-electron chi connectivity index (χ3n) is 7.03. The van der Waals surface area contributed by atoms with Gasteiger partial charge in [-0.1, -0.05) is 12.1 Å². The van der Waals surface area contributed by atoms with Gasteiger partial charge in [0.1, 0.15) is 0 Å². The highest BCUT2D eigenvalue weighted by molar-refractivity contribution is 5.78. The van der Waals surface area contributed by atoms with Crippen molar-refractivity contribution in [3.63, 3.8) is 0 Å². The van der Waals surface area contributed by atoms with Crippen LogP contribution in [0.2, 0.25) is 0 Å². The molecule has 6 nitrogen and oxygen atoms in total. The smallest absolute Gasteiger partial charge is 0.416 e. The van der Waals surface area contributed by atoms with Crippen LogP contribution in [0.4, 0.5) is 24.5 Å². The van der Waals surface area contributed by atoms with Gasteiger partial charge in [0.05, 0.1) is 16.9 Å². The summed E-state index contributed by atoms with van der Waals surface area (Å²) in [5.74, 6) is 1.11. The molecule has 0 radical (unpaired) electrons. The number of nitrogens with zero attached hydrogens (tertiary/aromatic N) is 2. The predicted molar refractivity (Wildman–Crippen MR) is 139 cm³/mol. The third kappa shape index (κ3) is 7.60. The summed E-state index contributed by atoms with van der Waals surface area (Å²) in [5.41, 5.74) is 0.595. The fraction of sp³-hybridized carbons (Fsp3) is 0.571. The Hall–Kier alpha value is -2.33. The fourth-order valence-corrected chi connectivity index (χ4v) is 5.05. The Labute approximate surface area is 217 Å². The number of nitrogens with one attached hydrogen (secondary N) is 1. The monoisotopic (exact) mass is 521 g/mol. The summed E-state index contributed by atoms with van der Waals surface area (Å²) >= 11 is 0. The number of para-hydroxylation sites is 2. The molecular weight excluding hydrogens is 483 g/mol. The second kappa shape index (κ2) is 13.5. The minimum Gasteiger partial charge on any atom is -0.453 e. The minimum atomic E-state index is -4.41. The number of piperazine rings is 1. The summed E-state index contributed by atoms with van der Waals surface area (Å²) < 4.78 is 51.9. The normalized spacial score (nSPS) is 17.8. The maximum Gasteiger partial charge on any atom is 0.416 e. The van der Waals surface area contributed by atoms with Crippen LogP contribution in [0.15, 0.2) is 42.5 Å². The Morgan fingerprint density at radius 2 is 1.73 bits per heavy atom. The molecule has 0 spiro atoms. The lowest BCUT2D eigenvalue weighted by Crippen LogP contribution is -2.51. The Kier molecular flexibility index (Phi) is 10.1. The van der Waals surface area contributed by atoms with E-state index in [-0.39, 0.29) is 6.61 Å². The number of fused-ring (bicyclic) bond motifs is 2. The van der Waals surface area contributed by atoms with Gasteiger partial charge in [0, 0.05) is 52.0 Å². The van der Waals surface area contributed by atoms with Crippen LogP contribution in [0, 0.1) is 0 Å². The molecule has 1 unspecified atom stereocenters. The molecule has 1 atom stereocenters. The van der Waals surface area contributed by atoms with Crippen LogP contribution in [-0.2, 0) is 10.9 Å². The van der Waals surface area contributed by atoms with Crippen LogP contribution in [0.3, 0.4) is 0 Å². The van der Waals surface area contributed by atoms with Crippen LogP contribution in [-0.4, -0.2) is 68.6 Å². The number of aliphatic hydroxyl groups excluding tert-OH is 1. The molecule has 2 aliphatic heterocycles. The zero-order valence-corrected chi connectivity index (χ0v) is 21.3. The van der Waals surface area contributed by atoms with E-state index < -0.39 is 11.7 Å². The lowest BCUT2D eigenvalue weighted by atomic mass is 10.0. The molecular formula is C28H38F3N3O3. The lowest BCUT2D eigenvalue weighted by molar-refractivity contribution is -0.137. The van der Waals surface area contributed by atoms with Gasteiger partial charge in [0.2, 0.25) is 0 Å². The molecule has 0 aliphatic carbocycles. The van der Waals surface area contributed by atoms with E-state index in [4.69, 9.17) is 14.6 Å². The topological polar surface area (TPSA) is 57.2 Å². The maximum absolute atomic E-state index is 13.4. The molecule has 0 saturated carbocycles. The standard InChI is InChI=1S/C28H38F3N3O3/c29-28(30,31)22-11-12-27-25(20-22)34(24-9-1-2-10-26(24)37-27)15-7-8-23-21-32-13-16-33(23)14-3-5-18-36-19-6-4-17-35/h1-2,9-12,20,23,32,35H,3-8,13-19,21H2. The van der Waals surface area contributed by atoms with Crippen molar-refractivity contribution in [3.8, 4) is 11.5 Å². The van der Waals surface area contributed by atoms with Gasteiger partial charge < -0.3 is 24.8 Å². The first-order valence-corrected chi connectivity index (χ1v) is 13.4. The van der Waals surface area contributed by atoms with Crippen LogP contribution in [0.25, 0.3) is 0 Å². The molecule has 0 amide bonds. The average molecular weight is 522 g/mol. The molecule has 2 aliphatic rings. The number of unbranched alkanes of at least 4 members (excludes halogenated alkanes) is 2. The van der Waals surface area contributed by atoms with Crippen molar-refractivity contribution in [2.24, 2.45) is 0 Å². The number of benzene rings is 2. The number of ether oxygens (including phenoxy) is 2. The van der Waals surface area contributed by atoms with Gasteiger partial charge >= 0.3 is 6.18 Å². The van der Waals surface area contributed by atoms with E-state index in [1.54, 1.807) is 0 Å². The summed E-state index contributed by atoms with van der Waals surface area (Å²) in [4.78, 5) is 4.50. The highest BCUT2D eigenvalue weighted by Gasteiger charge is 2.34. The van der Waals surface area contributed by atoms with Crippen LogP contribution in [0.1, 0.15) is 44.1 Å². The molecule has 0 aromatic heterocycles. The number of alkyl halides is 3. The zero-order valence-electron chi connectivity index (χ0n) is 21.3. The van der Waals surface area contributed by atoms with E-state index in [9.17, 15) is 13.2 Å². The van der Waals surface area contributed by atoms with Crippen molar-refractivity contribution in [1.82, 2.24) is 10.2 Å². The van der Waals surface area contributed by atoms with E-state index in [0.717, 1.165) is 83.1 Å². The van der Waals surface area contributed by atoms with Crippen molar-refractivity contribution < 1.29 is 27.8 Å². The summed E-state index contributed by atoms with van der Waals surface area (Å²) in [6.45, 7) is 6.19. The molecule has 2 aromatic carbocycles. The summed E-state index contributed by atoms with van der Waals surface area (Å²) in [6, 6.07) is 11.6.